The summed E-state index contributed by atoms with van der Waals surface area (Å²) in [4.78, 5) is 4.48. The minimum atomic E-state index is 0.548. The quantitative estimate of drug-likeness (QED) is 0.639. The van der Waals surface area contributed by atoms with Crippen LogP contribution in [0.5, 0.6) is 5.75 Å². The molecule has 6 nitrogen and oxygen atoms in total. The average molecular weight is 281 g/mol. The molecular formula is C15H15N5O. The number of nitrogen functional groups attached to an aromatic ring is 2. The van der Waals surface area contributed by atoms with Crippen molar-refractivity contribution < 1.29 is 4.74 Å². The van der Waals surface area contributed by atoms with E-state index in [1.54, 1.807) is 25.3 Å². The number of hydrogen-bond donors (Lipinski definition) is 3. The molecule has 1 aromatic heterocycles. The molecule has 1 heterocycles. The van der Waals surface area contributed by atoms with Gasteiger partial charge in [0.1, 0.15) is 5.75 Å². The predicted molar refractivity (Wildman–Crippen MR) is 82.6 cm³/mol. The Kier molecular flexibility index (Phi) is 3.19. The Morgan fingerprint density at radius 1 is 1.00 bits per heavy atom. The third-order valence-electron chi connectivity index (χ3n) is 3.06. The standard InChI is InChI=1S/C15H15N5O/c1-21-13-4-2-3-9(7-13)14-18-15(20-19-14)10-5-11(16)8-12(17)6-10/h2-8H,16-17H2,1H3,(H,18,19,20). The number of aromatic amines is 1. The van der Waals surface area contributed by atoms with Crippen LogP contribution in [0.15, 0.2) is 42.5 Å². The molecule has 21 heavy (non-hydrogen) atoms. The number of hydrogen-bond acceptors (Lipinski definition) is 5. The van der Waals surface area contributed by atoms with Gasteiger partial charge in [-0.15, -0.1) is 0 Å². The largest absolute Gasteiger partial charge is 0.497 e. The fourth-order valence-corrected chi connectivity index (χ4v) is 2.10. The van der Waals surface area contributed by atoms with Gasteiger partial charge in [-0.2, -0.15) is 5.10 Å². The molecule has 3 aromatic rings. The lowest BCUT2D eigenvalue weighted by Crippen LogP contribution is -1.92. The number of benzene rings is 2. The highest BCUT2D eigenvalue weighted by molar-refractivity contribution is 5.69. The third-order valence-corrected chi connectivity index (χ3v) is 3.06. The zero-order valence-corrected chi connectivity index (χ0v) is 11.5. The van der Waals surface area contributed by atoms with Crippen LogP contribution in [0, 0.1) is 0 Å². The summed E-state index contributed by atoms with van der Waals surface area (Å²) in [6.07, 6.45) is 0. The molecular weight excluding hydrogens is 266 g/mol. The van der Waals surface area contributed by atoms with Crippen molar-refractivity contribution in [3.05, 3.63) is 42.5 Å². The Hall–Kier alpha value is -3.02. The van der Waals surface area contributed by atoms with Gasteiger partial charge in [-0.05, 0) is 30.3 Å². The fourth-order valence-electron chi connectivity index (χ4n) is 2.10. The Morgan fingerprint density at radius 3 is 2.48 bits per heavy atom. The van der Waals surface area contributed by atoms with Crippen molar-refractivity contribution in [1.29, 1.82) is 0 Å². The van der Waals surface area contributed by atoms with E-state index in [9.17, 15) is 0 Å². The highest BCUT2D eigenvalue weighted by atomic mass is 16.5. The number of ether oxygens (including phenoxy) is 1. The van der Waals surface area contributed by atoms with E-state index >= 15 is 0 Å². The zero-order chi connectivity index (χ0) is 14.8. The second-order valence-electron chi connectivity index (χ2n) is 4.63. The van der Waals surface area contributed by atoms with Gasteiger partial charge >= 0.3 is 0 Å². The summed E-state index contributed by atoms with van der Waals surface area (Å²) in [6.45, 7) is 0. The molecule has 0 saturated carbocycles. The second-order valence-corrected chi connectivity index (χ2v) is 4.63. The van der Waals surface area contributed by atoms with Crippen molar-refractivity contribution in [1.82, 2.24) is 15.2 Å². The molecule has 3 rings (SSSR count). The molecule has 0 amide bonds. The molecule has 0 aliphatic rings. The molecule has 0 atom stereocenters. The summed E-state index contributed by atoms with van der Waals surface area (Å²) >= 11 is 0. The lowest BCUT2D eigenvalue weighted by Gasteiger charge is -2.01. The molecule has 0 fully saturated rings. The molecule has 0 saturated heterocycles. The monoisotopic (exact) mass is 281 g/mol. The summed E-state index contributed by atoms with van der Waals surface area (Å²) in [7, 11) is 1.63. The van der Waals surface area contributed by atoms with E-state index in [2.05, 4.69) is 15.2 Å². The molecule has 0 aliphatic carbocycles. The number of H-pyrrole nitrogens is 1. The molecule has 106 valence electrons. The number of nitrogens with two attached hydrogens (primary N) is 2. The smallest absolute Gasteiger partial charge is 0.181 e. The van der Waals surface area contributed by atoms with Crippen LogP contribution in [0.1, 0.15) is 0 Å². The molecule has 5 N–H and O–H groups in total. The summed E-state index contributed by atoms with van der Waals surface area (Å²) in [5.74, 6) is 1.97. The van der Waals surface area contributed by atoms with E-state index < -0.39 is 0 Å². The van der Waals surface area contributed by atoms with Crippen LogP contribution in [0.3, 0.4) is 0 Å². The van der Waals surface area contributed by atoms with Crippen molar-refractivity contribution in [2.24, 2.45) is 0 Å². The SMILES string of the molecule is COc1cccc(-c2nc(-c3cc(N)cc(N)c3)n[nH]2)c1. The highest BCUT2D eigenvalue weighted by Crippen LogP contribution is 2.25. The van der Waals surface area contributed by atoms with Gasteiger partial charge in [-0.3, -0.25) is 5.10 Å². The van der Waals surface area contributed by atoms with Crippen LogP contribution in [0.25, 0.3) is 22.8 Å². The van der Waals surface area contributed by atoms with Crippen molar-refractivity contribution in [2.75, 3.05) is 18.6 Å². The minimum Gasteiger partial charge on any atom is -0.497 e. The van der Waals surface area contributed by atoms with Crippen LogP contribution >= 0.6 is 0 Å². The first-order valence-electron chi connectivity index (χ1n) is 6.39. The maximum Gasteiger partial charge on any atom is 0.181 e. The van der Waals surface area contributed by atoms with Gasteiger partial charge in [-0.1, -0.05) is 12.1 Å². The molecule has 0 spiro atoms. The highest BCUT2D eigenvalue weighted by Gasteiger charge is 2.09. The van der Waals surface area contributed by atoms with E-state index in [0.717, 1.165) is 16.9 Å². The first kappa shape index (κ1) is 13.0. The average Bonchev–Trinajstić information content (AvgIpc) is 2.96. The van der Waals surface area contributed by atoms with Crippen molar-refractivity contribution in [3.8, 4) is 28.5 Å². The molecule has 0 unspecified atom stereocenters. The molecule has 6 heteroatoms. The van der Waals surface area contributed by atoms with Gasteiger partial charge in [0.25, 0.3) is 0 Å². The molecule has 0 bridgehead atoms. The Labute approximate surface area is 121 Å². The number of anilines is 2. The predicted octanol–water partition coefficient (Wildman–Crippen LogP) is 2.31. The molecule has 0 radical (unpaired) electrons. The first-order valence-corrected chi connectivity index (χ1v) is 6.39. The summed E-state index contributed by atoms with van der Waals surface area (Å²) in [5, 5.41) is 7.12. The number of rotatable bonds is 3. The van der Waals surface area contributed by atoms with Crippen LogP contribution in [0.2, 0.25) is 0 Å². The van der Waals surface area contributed by atoms with Gasteiger partial charge in [0.05, 0.1) is 7.11 Å². The summed E-state index contributed by atoms with van der Waals surface area (Å²) < 4.78 is 5.20. The Bertz CT molecular complexity index is 761. The van der Waals surface area contributed by atoms with Crippen LogP contribution < -0.4 is 16.2 Å². The zero-order valence-electron chi connectivity index (χ0n) is 11.5. The number of nitrogens with one attached hydrogen (secondary N) is 1. The number of methoxy groups -OCH3 is 1. The Balaban J connectivity index is 1.99. The Morgan fingerprint density at radius 2 is 1.76 bits per heavy atom. The van der Waals surface area contributed by atoms with Gasteiger partial charge in [0.2, 0.25) is 0 Å². The normalized spacial score (nSPS) is 10.5. The van der Waals surface area contributed by atoms with Gasteiger partial charge < -0.3 is 16.2 Å². The van der Waals surface area contributed by atoms with E-state index in [1.807, 2.05) is 24.3 Å². The van der Waals surface area contributed by atoms with Crippen LogP contribution in [0.4, 0.5) is 11.4 Å². The van der Waals surface area contributed by atoms with Crippen LogP contribution in [-0.2, 0) is 0 Å². The lowest BCUT2D eigenvalue weighted by atomic mass is 10.1. The van der Waals surface area contributed by atoms with Crippen molar-refractivity contribution in [2.45, 2.75) is 0 Å². The molecule has 2 aromatic carbocycles. The minimum absolute atomic E-state index is 0.548. The molecule has 0 aliphatic heterocycles. The summed E-state index contributed by atoms with van der Waals surface area (Å²) in [5.41, 5.74) is 14.4. The second kappa shape index (κ2) is 5.16. The first-order chi connectivity index (χ1) is 10.2. The summed E-state index contributed by atoms with van der Waals surface area (Å²) in [6, 6.07) is 12.9. The maximum atomic E-state index is 5.79. The maximum absolute atomic E-state index is 5.79. The topological polar surface area (TPSA) is 103 Å². The van der Waals surface area contributed by atoms with E-state index in [1.165, 1.54) is 0 Å². The van der Waals surface area contributed by atoms with E-state index in [4.69, 9.17) is 16.2 Å². The van der Waals surface area contributed by atoms with Gasteiger partial charge in [0, 0.05) is 22.5 Å². The number of nitrogens with zero attached hydrogens (tertiary/aromatic N) is 2. The van der Waals surface area contributed by atoms with E-state index in [-0.39, 0.29) is 0 Å². The fraction of sp³-hybridized carbons (Fsp3) is 0.0667. The van der Waals surface area contributed by atoms with E-state index in [0.29, 0.717) is 23.0 Å². The van der Waals surface area contributed by atoms with Gasteiger partial charge in [0.15, 0.2) is 11.6 Å². The van der Waals surface area contributed by atoms with Crippen molar-refractivity contribution in [3.63, 3.8) is 0 Å². The van der Waals surface area contributed by atoms with Gasteiger partial charge in [-0.25, -0.2) is 4.98 Å². The lowest BCUT2D eigenvalue weighted by molar-refractivity contribution is 0.415. The third kappa shape index (κ3) is 2.64. The van der Waals surface area contributed by atoms with Crippen LogP contribution in [-0.4, -0.2) is 22.3 Å². The van der Waals surface area contributed by atoms with Crippen molar-refractivity contribution >= 4 is 11.4 Å². The number of aromatic nitrogens is 3.